The lowest BCUT2D eigenvalue weighted by Gasteiger charge is -2.38. The van der Waals surface area contributed by atoms with Gasteiger partial charge in [-0.05, 0) is 73.3 Å². The monoisotopic (exact) mass is 594 g/mol. The van der Waals surface area contributed by atoms with E-state index >= 15 is 0 Å². The lowest BCUT2D eigenvalue weighted by molar-refractivity contribution is -0.121. The number of sulfonamides is 1. The number of nitrogens with zero attached hydrogens (tertiary/aromatic N) is 2. The van der Waals surface area contributed by atoms with Crippen LogP contribution in [0.2, 0.25) is 5.02 Å². The van der Waals surface area contributed by atoms with E-state index < -0.39 is 33.6 Å². The van der Waals surface area contributed by atoms with Crippen LogP contribution in [-0.2, 0) is 14.8 Å². The molecule has 3 N–H and O–H groups in total. The molecule has 3 aliphatic rings. The maximum absolute atomic E-state index is 14.4. The van der Waals surface area contributed by atoms with E-state index in [1.807, 2.05) is 0 Å². The molecule has 2 bridgehead atoms. The highest BCUT2D eigenvalue weighted by Gasteiger charge is 2.39. The second-order valence-electron chi connectivity index (χ2n) is 11.6. The summed E-state index contributed by atoms with van der Waals surface area (Å²) < 4.78 is 55.9. The summed E-state index contributed by atoms with van der Waals surface area (Å²) in [7, 11) is -3.25. The van der Waals surface area contributed by atoms with Crippen LogP contribution in [0.25, 0.3) is 0 Å². The van der Waals surface area contributed by atoms with Crippen LogP contribution < -0.4 is 11.1 Å². The molecule has 1 unspecified atom stereocenters. The fraction of sp³-hybridized carbons (Fsp3) is 0.586. The molecule has 7 nitrogen and oxygen atoms in total. The lowest BCUT2D eigenvalue weighted by Crippen LogP contribution is -2.57. The van der Waals surface area contributed by atoms with Crippen LogP contribution in [0.3, 0.4) is 0 Å². The van der Waals surface area contributed by atoms with Gasteiger partial charge in [0.05, 0.1) is 23.0 Å². The fourth-order valence-corrected chi connectivity index (χ4v) is 8.83. The lowest BCUT2D eigenvalue weighted by atomic mass is 9.80. The Bertz CT molecular complexity index is 1330. The van der Waals surface area contributed by atoms with Crippen LogP contribution in [0.5, 0.6) is 0 Å². The van der Waals surface area contributed by atoms with E-state index in [0.717, 1.165) is 44.7 Å². The third-order valence-electron chi connectivity index (χ3n) is 9.03. The molecule has 1 aromatic carbocycles. The molecule has 11 heteroatoms. The van der Waals surface area contributed by atoms with E-state index in [2.05, 4.69) is 10.3 Å². The highest BCUT2D eigenvalue weighted by atomic mass is 35.5. The Morgan fingerprint density at radius 1 is 1.10 bits per heavy atom. The molecular formula is C29H37ClF2N4O3S. The first kappa shape index (κ1) is 29.5. The number of halogens is 3. The minimum atomic E-state index is -3.25. The van der Waals surface area contributed by atoms with Crippen molar-refractivity contribution in [3.8, 4) is 0 Å². The third kappa shape index (κ3) is 6.57. The number of Topliss-reactive ketones (excluding diaryl/α,β-unsaturated/α-hetero) is 1. The number of hydrogen-bond donors (Lipinski definition) is 2. The largest absolute Gasteiger partial charge is 0.321 e. The van der Waals surface area contributed by atoms with Crippen molar-refractivity contribution < 1.29 is 22.0 Å². The number of nitrogens with one attached hydrogen (secondary N) is 1. The second kappa shape index (κ2) is 12.5. The van der Waals surface area contributed by atoms with Crippen molar-refractivity contribution in [1.82, 2.24) is 14.6 Å². The molecule has 2 saturated heterocycles. The summed E-state index contributed by atoms with van der Waals surface area (Å²) in [5.41, 5.74) is 7.37. The van der Waals surface area contributed by atoms with Crippen molar-refractivity contribution in [3.05, 3.63) is 64.4 Å². The van der Waals surface area contributed by atoms with Crippen LogP contribution in [0.4, 0.5) is 8.78 Å². The van der Waals surface area contributed by atoms with Crippen molar-refractivity contribution in [2.75, 3.05) is 18.8 Å². The van der Waals surface area contributed by atoms with Gasteiger partial charge < -0.3 is 11.1 Å². The van der Waals surface area contributed by atoms with Gasteiger partial charge in [0.15, 0.2) is 5.78 Å². The number of piperazine rings is 1. The van der Waals surface area contributed by atoms with E-state index in [4.69, 9.17) is 17.3 Å². The Morgan fingerprint density at radius 2 is 1.90 bits per heavy atom. The van der Waals surface area contributed by atoms with Crippen molar-refractivity contribution in [2.45, 2.75) is 75.4 Å². The van der Waals surface area contributed by atoms with Crippen LogP contribution in [0.1, 0.15) is 68.4 Å². The van der Waals surface area contributed by atoms with E-state index in [1.54, 1.807) is 10.4 Å². The Balaban J connectivity index is 1.27. The van der Waals surface area contributed by atoms with Gasteiger partial charge in [-0.3, -0.25) is 9.78 Å². The molecule has 3 heterocycles. The first-order valence-electron chi connectivity index (χ1n) is 14.2. The predicted molar refractivity (Wildman–Crippen MR) is 150 cm³/mol. The van der Waals surface area contributed by atoms with E-state index in [1.165, 1.54) is 24.4 Å². The normalized spacial score (nSPS) is 29.4. The minimum absolute atomic E-state index is 0.0507. The van der Waals surface area contributed by atoms with E-state index in [9.17, 15) is 22.0 Å². The Labute approximate surface area is 239 Å². The van der Waals surface area contributed by atoms with Gasteiger partial charge in [0.1, 0.15) is 11.6 Å². The summed E-state index contributed by atoms with van der Waals surface area (Å²) in [6.45, 7) is 1.20. The van der Waals surface area contributed by atoms with Crippen LogP contribution in [-0.4, -0.2) is 60.5 Å². The molecule has 218 valence electrons. The second-order valence-corrected chi connectivity index (χ2v) is 14.0. The van der Waals surface area contributed by atoms with Crippen molar-refractivity contribution in [2.24, 2.45) is 17.6 Å². The number of ketones is 1. The maximum Gasteiger partial charge on any atom is 0.214 e. The molecule has 1 aliphatic carbocycles. The highest BCUT2D eigenvalue weighted by Crippen LogP contribution is 2.40. The summed E-state index contributed by atoms with van der Waals surface area (Å²) >= 11 is 5.88. The molecule has 2 aliphatic heterocycles. The Hall–Kier alpha value is -1.98. The van der Waals surface area contributed by atoms with Gasteiger partial charge in [0, 0.05) is 43.7 Å². The van der Waals surface area contributed by atoms with Gasteiger partial charge in [0.2, 0.25) is 10.0 Å². The van der Waals surface area contributed by atoms with Crippen LogP contribution in [0, 0.1) is 23.5 Å². The molecule has 1 saturated carbocycles. The number of benzene rings is 1. The topological polar surface area (TPSA) is 105 Å². The molecule has 3 fully saturated rings. The first-order chi connectivity index (χ1) is 19.1. The maximum atomic E-state index is 14.4. The number of fused-ring (bicyclic) bond motifs is 2. The molecule has 5 rings (SSSR count). The molecule has 0 amide bonds. The molecular weight excluding hydrogens is 558 g/mol. The van der Waals surface area contributed by atoms with E-state index in [0.29, 0.717) is 36.6 Å². The molecule has 0 radical (unpaired) electrons. The summed E-state index contributed by atoms with van der Waals surface area (Å²) in [6.07, 6.45) is 8.84. The van der Waals surface area contributed by atoms with Crippen molar-refractivity contribution >= 4 is 27.4 Å². The number of rotatable bonds is 9. The van der Waals surface area contributed by atoms with E-state index in [-0.39, 0.29) is 41.0 Å². The smallest absolute Gasteiger partial charge is 0.214 e. The summed E-state index contributed by atoms with van der Waals surface area (Å²) in [5, 5.41) is 3.47. The average Bonchev–Trinajstić information content (AvgIpc) is 3.31. The van der Waals surface area contributed by atoms with Gasteiger partial charge >= 0.3 is 0 Å². The number of carbonyl (C=O) groups is 1. The zero-order valence-electron chi connectivity index (χ0n) is 22.4. The fourth-order valence-electron chi connectivity index (χ4n) is 6.91. The van der Waals surface area contributed by atoms with Gasteiger partial charge in [-0.2, -0.15) is 4.31 Å². The Morgan fingerprint density at radius 3 is 2.67 bits per heavy atom. The first-order valence-corrected chi connectivity index (χ1v) is 16.2. The summed E-state index contributed by atoms with van der Waals surface area (Å²) in [4.78, 5) is 17.5. The number of nitrogens with two attached hydrogens (primary N) is 1. The number of aromatic nitrogens is 1. The van der Waals surface area contributed by atoms with Crippen molar-refractivity contribution in [1.29, 1.82) is 0 Å². The standard InChI is InChI=1S/C29H37ClF2N4O3S/c30-25-9-7-20(12-26(25)32)28(21-11-22(31)15-34-14-21)29(33)27(37)13-19-4-1-3-18(19)6-8-24-16-35-23-5-2-10-40(38,39)36(24)17-23/h7,9,11-12,14-15,18-19,23-24,28-29,35H,1-6,8,10,13,16-17,33H2/t18-,19-,23-,24+,28+,29-/m1/s1. The van der Waals surface area contributed by atoms with Crippen LogP contribution in [0.15, 0.2) is 36.7 Å². The molecule has 7 atom stereocenters. The molecule has 40 heavy (non-hydrogen) atoms. The van der Waals surface area contributed by atoms with Crippen molar-refractivity contribution in [3.63, 3.8) is 0 Å². The summed E-state index contributed by atoms with van der Waals surface area (Å²) in [6, 6.07) is 4.66. The average molecular weight is 595 g/mol. The van der Waals surface area contributed by atoms with Crippen LogP contribution >= 0.6 is 11.6 Å². The number of pyridine rings is 1. The third-order valence-corrected chi connectivity index (χ3v) is 11.3. The minimum Gasteiger partial charge on any atom is -0.321 e. The Kier molecular flexibility index (Phi) is 9.21. The van der Waals surface area contributed by atoms with Gasteiger partial charge in [-0.15, -0.1) is 0 Å². The number of carbonyl (C=O) groups excluding carboxylic acids is 1. The highest BCUT2D eigenvalue weighted by molar-refractivity contribution is 7.89. The number of hydrogen-bond acceptors (Lipinski definition) is 6. The van der Waals surface area contributed by atoms with Gasteiger partial charge in [-0.25, -0.2) is 17.2 Å². The molecule has 0 spiro atoms. The SMILES string of the molecule is N[C@H](C(=O)C[C@H]1CCC[C@@H]1CC[C@H]1CN[C@@H]2CCCS(=O)(=O)N1C2)[C@H](c1cncc(F)c1)c1ccc(Cl)c(F)c1. The zero-order valence-corrected chi connectivity index (χ0v) is 24.0. The van der Waals surface area contributed by atoms with Gasteiger partial charge in [-0.1, -0.05) is 30.5 Å². The molecule has 2 aromatic rings. The molecule has 1 aromatic heterocycles. The van der Waals surface area contributed by atoms with Gasteiger partial charge in [0.25, 0.3) is 0 Å². The predicted octanol–water partition coefficient (Wildman–Crippen LogP) is 4.39. The summed E-state index contributed by atoms with van der Waals surface area (Å²) in [5.74, 6) is -1.51. The quantitative estimate of drug-likeness (QED) is 0.446. The zero-order chi connectivity index (χ0) is 28.4.